The van der Waals surface area contributed by atoms with Gasteiger partial charge in [-0.1, -0.05) is 36.4 Å². The summed E-state index contributed by atoms with van der Waals surface area (Å²) < 4.78 is 10.5. The Labute approximate surface area is 175 Å². The van der Waals surface area contributed by atoms with Crippen LogP contribution in [0.1, 0.15) is 5.56 Å². The van der Waals surface area contributed by atoms with Crippen LogP contribution in [0.3, 0.4) is 0 Å². The number of pyridine rings is 1. The summed E-state index contributed by atoms with van der Waals surface area (Å²) >= 11 is 0. The Morgan fingerprint density at radius 3 is 2.58 bits per heavy atom. The van der Waals surface area contributed by atoms with Gasteiger partial charge in [-0.05, 0) is 40.6 Å². The van der Waals surface area contributed by atoms with Crippen molar-refractivity contribution in [3.8, 4) is 40.0 Å². The van der Waals surface area contributed by atoms with Crippen molar-refractivity contribution in [1.29, 1.82) is 5.26 Å². The maximum absolute atomic E-state index is 12.7. The number of H-pyrrole nitrogens is 1. The monoisotopic (exact) mass is 411 g/mol. The number of nitriles is 1. The molecule has 0 saturated carbocycles. The average Bonchev–Trinajstić information content (AvgIpc) is 3.26. The molecule has 1 aliphatic heterocycles. The third-order valence-electron chi connectivity index (χ3n) is 5.19. The lowest BCUT2D eigenvalue weighted by Crippen LogP contribution is -2.13. The molecule has 0 atom stereocenters. The Morgan fingerprint density at radius 1 is 1.00 bits per heavy atom. The van der Waals surface area contributed by atoms with E-state index in [1.807, 2.05) is 48.5 Å². The van der Waals surface area contributed by atoms with Crippen molar-refractivity contribution in [2.45, 2.75) is 0 Å². The summed E-state index contributed by atoms with van der Waals surface area (Å²) in [6.45, 7) is -0.136. The van der Waals surface area contributed by atoms with Crippen molar-refractivity contribution in [3.05, 3.63) is 86.7 Å². The van der Waals surface area contributed by atoms with Crippen LogP contribution in [0.15, 0.2) is 65.5 Å². The van der Waals surface area contributed by atoms with Gasteiger partial charge in [0, 0.05) is 11.3 Å². The fourth-order valence-corrected chi connectivity index (χ4v) is 3.75. The Kier molecular flexibility index (Phi) is 4.15. The van der Waals surface area contributed by atoms with Crippen LogP contribution in [0.5, 0.6) is 11.5 Å². The van der Waals surface area contributed by atoms with Gasteiger partial charge in [0.05, 0.1) is 10.5 Å². The lowest BCUT2D eigenvalue weighted by Gasteiger charge is -2.10. The van der Waals surface area contributed by atoms with Gasteiger partial charge < -0.3 is 14.5 Å². The number of rotatable bonds is 3. The second-order valence-electron chi connectivity index (χ2n) is 6.93. The topological polar surface area (TPSA) is 118 Å². The van der Waals surface area contributed by atoms with Crippen molar-refractivity contribution in [3.63, 3.8) is 0 Å². The minimum atomic E-state index is -0.630. The SMILES string of the molecule is N#Cc1c(-c2ccc3c(c2[N+](=O)[O-])OCO3)cc(-c2ccc3ccccc3c2)[nH]c1=O. The zero-order chi connectivity index (χ0) is 21.5. The highest BCUT2D eigenvalue weighted by molar-refractivity contribution is 5.89. The second kappa shape index (κ2) is 7.00. The van der Waals surface area contributed by atoms with E-state index in [2.05, 4.69) is 4.98 Å². The van der Waals surface area contributed by atoms with Crippen LogP contribution in [0.4, 0.5) is 5.69 Å². The molecule has 150 valence electrons. The summed E-state index contributed by atoms with van der Waals surface area (Å²) in [4.78, 5) is 26.7. The molecule has 8 nitrogen and oxygen atoms in total. The van der Waals surface area contributed by atoms with Gasteiger partial charge in [0.2, 0.25) is 12.5 Å². The quantitative estimate of drug-likeness (QED) is 0.395. The number of nitrogens with zero attached hydrogens (tertiary/aromatic N) is 2. The van der Waals surface area contributed by atoms with Gasteiger partial charge >= 0.3 is 5.69 Å². The predicted octanol–water partition coefficient (Wildman–Crippen LogP) is 4.37. The van der Waals surface area contributed by atoms with E-state index in [9.17, 15) is 20.2 Å². The fourth-order valence-electron chi connectivity index (χ4n) is 3.75. The van der Waals surface area contributed by atoms with E-state index in [-0.39, 0.29) is 40.7 Å². The van der Waals surface area contributed by atoms with Crippen molar-refractivity contribution >= 4 is 16.5 Å². The first-order valence-corrected chi connectivity index (χ1v) is 9.31. The van der Waals surface area contributed by atoms with E-state index >= 15 is 0 Å². The molecule has 0 fully saturated rings. The van der Waals surface area contributed by atoms with Gasteiger partial charge in [-0.25, -0.2) is 0 Å². The molecule has 3 aromatic carbocycles. The van der Waals surface area contributed by atoms with Crippen molar-refractivity contribution in [2.24, 2.45) is 0 Å². The van der Waals surface area contributed by atoms with E-state index in [4.69, 9.17) is 9.47 Å². The average molecular weight is 411 g/mol. The standard InChI is InChI=1S/C23H13N3O5/c24-11-18-17(16-7-8-20-22(31-12-30-20)21(16)26(28)29)10-19(25-23(18)27)15-6-5-13-3-1-2-4-14(13)9-15/h1-10H,12H2,(H,25,27). The lowest BCUT2D eigenvalue weighted by molar-refractivity contribution is -0.385. The Morgan fingerprint density at radius 2 is 1.81 bits per heavy atom. The normalized spacial score (nSPS) is 12.0. The number of fused-ring (bicyclic) bond motifs is 2. The first kappa shape index (κ1) is 18.4. The molecule has 0 saturated heterocycles. The number of nitro groups is 1. The smallest absolute Gasteiger partial charge is 0.322 e. The summed E-state index contributed by atoms with van der Waals surface area (Å²) in [5, 5.41) is 23.4. The predicted molar refractivity (Wildman–Crippen MR) is 113 cm³/mol. The summed E-state index contributed by atoms with van der Waals surface area (Å²) in [5.41, 5.74) is 0.225. The molecule has 1 aromatic heterocycles. The van der Waals surface area contributed by atoms with Crippen LogP contribution < -0.4 is 15.0 Å². The number of aromatic nitrogens is 1. The van der Waals surface area contributed by atoms with Gasteiger partial charge in [0.1, 0.15) is 11.6 Å². The van der Waals surface area contributed by atoms with Crippen LogP contribution in [-0.2, 0) is 0 Å². The molecule has 31 heavy (non-hydrogen) atoms. The van der Waals surface area contributed by atoms with E-state index in [1.165, 1.54) is 12.1 Å². The van der Waals surface area contributed by atoms with Gasteiger partial charge in [-0.3, -0.25) is 14.9 Å². The molecular formula is C23H13N3O5. The van der Waals surface area contributed by atoms with Crippen LogP contribution >= 0.6 is 0 Å². The highest BCUT2D eigenvalue weighted by Crippen LogP contribution is 2.47. The van der Waals surface area contributed by atoms with Gasteiger partial charge in [-0.15, -0.1) is 0 Å². The molecule has 0 aliphatic carbocycles. The van der Waals surface area contributed by atoms with Crippen LogP contribution in [0, 0.1) is 21.4 Å². The van der Waals surface area contributed by atoms with E-state index in [1.54, 1.807) is 6.07 Å². The van der Waals surface area contributed by atoms with Crippen molar-refractivity contribution in [2.75, 3.05) is 6.79 Å². The molecule has 0 bridgehead atoms. The van der Waals surface area contributed by atoms with Crippen LogP contribution in [0.25, 0.3) is 33.2 Å². The number of nitro benzene ring substituents is 1. The van der Waals surface area contributed by atoms with Crippen molar-refractivity contribution < 1.29 is 14.4 Å². The summed E-state index contributed by atoms with van der Waals surface area (Å²) in [6.07, 6.45) is 0. The minimum Gasteiger partial charge on any atom is -0.453 e. The third-order valence-corrected chi connectivity index (χ3v) is 5.19. The summed E-state index contributed by atoms with van der Waals surface area (Å²) in [5.74, 6) is 0.229. The number of aromatic amines is 1. The number of hydrogen-bond donors (Lipinski definition) is 1. The highest BCUT2D eigenvalue weighted by atomic mass is 16.7. The van der Waals surface area contributed by atoms with Crippen molar-refractivity contribution in [1.82, 2.24) is 4.98 Å². The van der Waals surface area contributed by atoms with E-state index in [0.717, 1.165) is 10.8 Å². The molecule has 0 spiro atoms. The lowest BCUT2D eigenvalue weighted by atomic mass is 9.96. The van der Waals surface area contributed by atoms with Gasteiger partial charge in [0.15, 0.2) is 5.75 Å². The zero-order valence-electron chi connectivity index (χ0n) is 15.9. The molecule has 4 aromatic rings. The number of hydrogen-bond acceptors (Lipinski definition) is 6. The Hall–Kier alpha value is -4.64. The first-order chi connectivity index (χ1) is 15.1. The molecule has 0 radical (unpaired) electrons. The highest BCUT2D eigenvalue weighted by Gasteiger charge is 2.31. The third kappa shape index (κ3) is 2.96. The maximum Gasteiger partial charge on any atom is 0.322 e. The molecule has 0 amide bonds. The maximum atomic E-state index is 12.7. The molecule has 5 rings (SSSR count). The Balaban J connectivity index is 1.77. The van der Waals surface area contributed by atoms with E-state index in [0.29, 0.717) is 11.3 Å². The van der Waals surface area contributed by atoms with Crippen LogP contribution in [-0.4, -0.2) is 16.7 Å². The molecule has 8 heteroatoms. The second-order valence-corrected chi connectivity index (χ2v) is 6.93. The molecular weight excluding hydrogens is 398 g/mol. The molecule has 2 heterocycles. The number of ether oxygens (including phenoxy) is 2. The minimum absolute atomic E-state index is 0.0149. The largest absolute Gasteiger partial charge is 0.453 e. The number of benzene rings is 3. The summed E-state index contributed by atoms with van der Waals surface area (Å²) in [7, 11) is 0. The number of nitrogens with one attached hydrogen (secondary N) is 1. The summed E-state index contributed by atoms with van der Waals surface area (Å²) in [6, 6.07) is 19.9. The molecule has 1 aliphatic rings. The van der Waals surface area contributed by atoms with Gasteiger partial charge in [-0.2, -0.15) is 5.26 Å². The first-order valence-electron chi connectivity index (χ1n) is 9.31. The van der Waals surface area contributed by atoms with Crippen LogP contribution in [0.2, 0.25) is 0 Å². The fraction of sp³-hybridized carbons (Fsp3) is 0.0435. The van der Waals surface area contributed by atoms with E-state index < -0.39 is 10.5 Å². The molecule has 1 N–H and O–H groups in total. The van der Waals surface area contributed by atoms with Gasteiger partial charge in [0.25, 0.3) is 5.56 Å². The molecule has 0 unspecified atom stereocenters. The zero-order valence-corrected chi connectivity index (χ0v) is 15.9. The Bertz CT molecular complexity index is 1480.